The summed E-state index contributed by atoms with van der Waals surface area (Å²) in [5, 5.41) is 7.62. The van der Waals surface area contributed by atoms with Crippen LogP contribution in [0.25, 0.3) is 0 Å². The molecule has 0 radical (unpaired) electrons. The smallest absolute Gasteiger partial charge is 0.325 e. The van der Waals surface area contributed by atoms with E-state index in [1.807, 2.05) is 63.1 Å². The molecule has 4 amide bonds. The first-order valence-corrected chi connectivity index (χ1v) is 16.3. The van der Waals surface area contributed by atoms with Gasteiger partial charge in [-0.2, -0.15) is 0 Å². The van der Waals surface area contributed by atoms with Gasteiger partial charge in [0.25, 0.3) is 5.91 Å². The van der Waals surface area contributed by atoms with Crippen LogP contribution in [0.2, 0.25) is 0 Å². The van der Waals surface area contributed by atoms with Gasteiger partial charge in [0.1, 0.15) is 19.4 Å². The maximum Gasteiger partial charge on any atom is 0.325 e. The highest BCUT2D eigenvalue weighted by atomic mass is 16.5. The number of Topliss-reactive ketones (excluding diaryl/α,β-unsaturated/α-hetero) is 1. The summed E-state index contributed by atoms with van der Waals surface area (Å²) in [4.78, 5) is 71.3. The number of carbonyl (C=O) groups excluding carboxylic acids is 6. The molecular formula is C34H53N5O7. The second-order valence-electron chi connectivity index (χ2n) is 13.3. The number of likely N-dealkylation sites (tertiary alicyclic amines) is 1. The van der Waals surface area contributed by atoms with Gasteiger partial charge < -0.3 is 31.2 Å². The Morgan fingerprint density at radius 2 is 1.59 bits per heavy atom. The van der Waals surface area contributed by atoms with Crippen molar-refractivity contribution in [1.29, 1.82) is 0 Å². The molecule has 256 valence electrons. The van der Waals surface area contributed by atoms with Crippen molar-refractivity contribution in [3.8, 4) is 0 Å². The Hall–Kier alpha value is -3.80. The summed E-state index contributed by atoms with van der Waals surface area (Å²) in [6.45, 7) is 6.28. The standard InChI is InChI=1S/C16H22N2O4.C14H23N3O3.C4H8/c1-16(2,3)13(10-19)18-15(21)17-9-14(20)22-11-12-7-5-4-6-8-12;1-17-7-3-6-11(17)14(20)16-10(12(18)13(15)19)8-9-4-2-5-9;1-2-4-3-1/h4-8,10,13H,9,11H2,1-3H3,(H2,17,18,21);9-11H,2-8H2,1H3,(H2,15,19)(H,16,20);1-4H2. The second-order valence-corrected chi connectivity index (χ2v) is 13.3. The molecule has 3 fully saturated rings. The molecule has 3 aliphatic rings. The number of nitrogens with zero attached hydrogens (tertiary/aromatic N) is 1. The van der Waals surface area contributed by atoms with Crippen LogP contribution in [0.5, 0.6) is 0 Å². The van der Waals surface area contributed by atoms with E-state index in [0.29, 0.717) is 18.6 Å². The number of likely N-dealkylation sites (N-methyl/N-ethyl adjacent to an activating group) is 1. The van der Waals surface area contributed by atoms with Crippen LogP contribution < -0.4 is 21.7 Å². The molecule has 1 aliphatic heterocycles. The van der Waals surface area contributed by atoms with E-state index in [2.05, 4.69) is 16.0 Å². The number of ketones is 1. The van der Waals surface area contributed by atoms with Crippen LogP contribution >= 0.6 is 0 Å². The van der Waals surface area contributed by atoms with E-state index < -0.39 is 41.2 Å². The Bertz CT molecular complexity index is 1140. The van der Waals surface area contributed by atoms with Gasteiger partial charge in [-0.25, -0.2) is 4.79 Å². The van der Waals surface area contributed by atoms with Crippen molar-refractivity contribution in [3.05, 3.63) is 35.9 Å². The van der Waals surface area contributed by atoms with Crippen LogP contribution in [-0.2, 0) is 35.3 Å². The van der Waals surface area contributed by atoms with Crippen molar-refractivity contribution in [2.75, 3.05) is 20.1 Å². The average molecular weight is 644 g/mol. The molecule has 12 heteroatoms. The van der Waals surface area contributed by atoms with Crippen molar-refractivity contribution in [2.45, 2.75) is 110 Å². The molecule has 0 aromatic heterocycles. The summed E-state index contributed by atoms with van der Waals surface area (Å²) in [5.74, 6) is -1.92. The number of rotatable bonds is 12. The number of primary amides is 1. The quantitative estimate of drug-likeness (QED) is 0.153. The Kier molecular flexibility index (Phi) is 16.4. The number of aldehydes is 1. The first-order valence-electron chi connectivity index (χ1n) is 16.3. The van der Waals surface area contributed by atoms with E-state index >= 15 is 0 Å². The Balaban J connectivity index is 0.000000285. The van der Waals surface area contributed by atoms with Crippen LogP contribution in [0, 0.1) is 11.3 Å². The van der Waals surface area contributed by atoms with E-state index in [1.54, 1.807) is 0 Å². The topological polar surface area (TPSA) is 177 Å². The largest absolute Gasteiger partial charge is 0.460 e. The lowest BCUT2D eigenvalue weighted by Gasteiger charge is -2.30. The Labute approximate surface area is 272 Å². The van der Waals surface area contributed by atoms with Gasteiger partial charge in [-0.1, -0.05) is 96.0 Å². The van der Waals surface area contributed by atoms with Gasteiger partial charge in [0.2, 0.25) is 11.7 Å². The number of urea groups is 1. The van der Waals surface area contributed by atoms with Gasteiger partial charge in [0.15, 0.2) is 0 Å². The van der Waals surface area contributed by atoms with E-state index in [1.165, 1.54) is 25.7 Å². The number of carbonyl (C=O) groups is 6. The fourth-order valence-electron chi connectivity index (χ4n) is 4.81. The molecule has 0 bridgehead atoms. The SMILES string of the molecule is C1CCC1.CC(C)(C)C(C=O)NC(=O)NCC(=O)OCc1ccccc1.CN1CCCC1C(=O)NC(CC1CCC1)C(=O)C(N)=O. The van der Waals surface area contributed by atoms with Crippen LogP contribution in [0.3, 0.4) is 0 Å². The van der Waals surface area contributed by atoms with Crippen molar-refractivity contribution in [2.24, 2.45) is 17.1 Å². The van der Waals surface area contributed by atoms with Gasteiger partial charge in [-0.05, 0) is 49.8 Å². The minimum absolute atomic E-state index is 0.155. The molecule has 2 saturated carbocycles. The third-order valence-corrected chi connectivity index (χ3v) is 8.48. The summed E-state index contributed by atoms with van der Waals surface area (Å²) in [6.07, 6.45) is 12.2. The Morgan fingerprint density at radius 3 is 2.04 bits per heavy atom. The van der Waals surface area contributed by atoms with Crippen LogP contribution in [-0.4, -0.2) is 79.0 Å². The zero-order valence-corrected chi connectivity index (χ0v) is 27.8. The molecule has 3 atom stereocenters. The zero-order valence-electron chi connectivity index (χ0n) is 27.8. The highest BCUT2D eigenvalue weighted by molar-refractivity contribution is 6.37. The number of nitrogens with one attached hydrogen (secondary N) is 3. The van der Waals surface area contributed by atoms with Crippen molar-refractivity contribution in [1.82, 2.24) is 20.9 Å². The maximum atomic E-state index is 12.2. The molecule has 12 nitrogen and oxygen atoms in total. The van der Waals surface area contributed by atoms with E-state index in [4.69, 9.17) is 10.5 Å². The van der Waals surface area contributed by atoms with Gasteiger partial charge in [-0.3, -0.25) is 24.1 Å². The zero-order chi connectivity index (χ0) is 34.1. The van der Waals surface area contributed by atoms with Crippen LogP contribution in [0.1, 0.15) is 90.5 Å². The molecule has 0 spiro atoms. The third-order valence-electron chi connectivity index (χ3n) is 8.48. The first kappa shape index (κ1) is 38.4. The normalized spacial score (nSPS) is 18.7. The molecule has 1 heterocycles. The number of hydrogen-bond acceptors (Lipinski definition) is 8. The minimum atomic E-state index is -0.964. The highest BCUT2D eigenvalue weighted by Crippen LogP contribution is 2.30. The van der Waals surface area contributed by atoms with Gasteiger partial charge in [0.05, 0.1) is 18.1 Å². The van der Waals surface area contributed by atoms with E-state index in [-0.39, 0.29) is 25.1 Å². The van der Waals surface area contributed by atoms with Crippen molar-refractivity contribution < 1.29 is 33.5 Å². The lowest BCUT2D eigenvalue weighted by atomic mass is 9.80. The highest BCUT2D eigenvalue weighted by Gasteiger charge is 2.34. The van der Waals surface area contributed by atoms with Crippen LogP contribution in [0.4, 0.5) is 4.79 Å². The second kappa shape index (κ2) is 19.7. The third kappa shape index (κ3) is 14.1. The maximum absolute atomic E-state index is 12.2. The lowest BCUT2D eigenvalue weighted by Crippen LogP contribution is -2.52. The molecule has 3 unspecified atom stereocenters. The number of esters is 1. The average Bonchev–Trinajstić information content (AvgIpc) is 3.39. The van der Waals surface area contributed by atoms with Crippen molar-refractivity contribution >= 4 is 35.9 Å². The molecule has 4 rings (SSSR count). The fourth-order valence-corrected chi connectivity index (χ4v) is 4.81. The predicted molar refractivity (Wildman–Crippen MR) is 174 cm³/mol. The van der Waals surface area contributed by atoms with E-state index in [0.717, 1.165) is 44.2 Å². The number of ether oxygens (including phenoxy) is 1. The predicted octanol–water partition coefficient (Wildman–Crippen LogP) is 3.01. The van der Waals surface area contributed by atoms with Gasteiger partial charge in [0, 0.05) is 0 Å². The molecule has 1 aromatic carbocycles. The number of amides is 4. The summed E-state index contributed by atoms with van der Waals surface area (Å²) in [7, 11) is 1.90. The number of hydrogen-bond donors (Lipinski definition) is 4. The summed E-state index contributed by atoms with van der Waals surface area (Å²) >= 11 is 0. The molecule has 1 aromatic rings. The molecule has 2 aliphatic carbocycles. The number of nitrogens with two attached hydrogens (primary N) is 1. The molecule has 1 saturated heterocycles. The molecule has 46 heavy (non-hydrogen) atoms. The molecular weight excluding hydrogens is 590 g/mol. The van der Waals surface area contributed by atoms with Crippen LogP contribution in [0.15, 0.2) is 30.3 Å². The monoisotopic (exact) mass is 643 g/mol. The summed E-state index contributed by atoms with van der Waals surface area (Å²) in [6, 6.07) is 7.09. The van der Waals surface area contributed by atoms with Gasteiger partial charge in [-0.15, -0.1) is 0 Å². The minimum Gasteiger partial charge on any atom is -0.460 e. The number of benzene rings is 1. The summed E-state index contributed by atoms with van der Waals surface area (Å²) in [5.41, 5.74) is 5.55. The van der Waals surface area contributed by atoms with Gasteiger partial charge >= 0.3 is 12.0 Å². The van der Waals surface area contributed by atoms with Crippen molar-refractivity contribution in [3.63, 3.8) is 0 Å². The fraction of sp³-hybridized carbons (Fsp3) is 0.647. The lowest BCUT2D eigenvalue weighted by molar-refractivity contribution is -0.143. The summed E-state index contributed by atoms with van der Waals surface area (Å²) < 4.78 is 5.03. The molecule has 5 N–H and O–H groups in total. The first-order chi connectivity index (χ1) is 21.8. The van der Waals surface area contributed by atoms with E-state index in [9.17, 15) is 28.8 Å². The Morgan fingerprint density at radius 1 is 0.957 bits per heavy atom.